The summed E-state index contributed by atoms with van der Waals surface area (Å²) in [5, 5.41) is 0.670. The molecule has 0 fully saturated rings. The number of ether oxygens (including phenoxy) is 3. The van der Waals surface area contributed by atoms with E-state index in [2.05, 4.69) is 45.2 Å². The molecular weight excluding hydrogens is 672 g/mol. The molecule has 0 spiro atoms. The number of allylic oxidation sites excluding steroid dienone is 2. The molecule has 1 aliphatic heterocycles. The second-order valence-corrected chi connectivity index (χ2v) is 10.4. The zero-order valence-electron chi connectivity index (χ0n) is 17.6. The van der Waals surface area contributed by atoms with Gasteiger partial charge >= 0.3 is 5.97 Å². The van der Waals surface area contributed by atoms with Crippen molar-refractivity contribution in [2.75, 3.05) is 7.11 Å². The van der Waals surface area contributed by atoms with Crippen LogP contribution < -0.4 is 10.5 Å². The summed E-state index contributed by atoms with van der Waals surface area (Å²) in [5.41, 5.74) is 8.52. The number of benzene rings is 2. The van der Waals surface area contributed by atoms with Gasteiger partial charge in [-0.1, -0.05) is 23.7 Å². The largest absolute Gasteiger partial charge is 0.487 e. The lowest BCUT2D eigenvalue weighted by Crippen LogP contribution is -2.31. The predicted molar refractivity (Wildman–Crippen MR) is 141 cm³/mol. The highest BCUT2D eigenvalue weighted by atomic mass is 127. The van der Waals surface area contributed by atoms with Crippen LogP contribution in [0.5, 0.6) is 5.75 Å². The molecule has 0 unspecified atom stereocenters. The summed E-state index contributed by atoms with van der Waals surface area (Å²) >= 11 is 10.4. The molecule has 2 N–H and O–H groups in total. The fraction of sp³-hybridized carbons (Fsp3) is 0.250. The minimum Gasteiger partial charge on any atom is -0.487 e. The summed E-state index contributed by atoms with van der Waals surface area (Å²) in [6.07, 6.45) is 1.70. The van der Waals surface area contributed by atoms with E-state index in [0.717, 1.165) is 24.0 Å². The van der Waals surface area contributed by atoms with E-state index >= 15 is 0 Å². The molecule has 0 amide bonds. The lowest BCUT2D eigenvalue weighted by molar-refractivity contribution is -0.136. The van der Waals surface area contributed by atoms with Crippen LogP contribution in [0.1, 0.15) is 36.3 Å². The van der Waals surface area contributed by atoms with E-state index in [0.29, 0.717) is 42.2 Å². The maximum atomic E-state index is 12.9. The second-order valence-electron chi connectivity index (χ2n) is 7.65. The van der Waals surface area contributed by atoms with Crippen molar-refractivity contribution in [1.82, 2.24) is 0 Å². The van der Waals surface area contributed by atoms with E-state index in [1.165, 1.54) is 7.11 Å². The first-order valence-electron chi connectivity index (χ1n) is 10.2. The van der Waals surface area contributed by atoms with Crippen LogP contribution in [0.4, 0.5) is 0 Å². The molecule has 0 saturated heterocycles. The van der Waals surface area contributed by atoms with Gasteiger partial charge < -0.3 is 19.9 Å². The number of methoxy groups -OCH3 is 1. The third kappa shape index (κ3) is 5.02. The van der Waals surface area contributed by atoms with Gasteiger partial charge in [0.05, 0.1) is 20.2 Å². The Bertz CT molecular complexity index is 1170. The van der Waals surface area contributed by atoms with Gasteiger partial charge in [0.25, 0.3) is 0 Å². The van der Waals surface area contributed by atoms with Crippen LogP contribution in [0.2, 0.25) is 5.02 Å². The molecule has 1 aliphatic carbocycles. The van der Waals surface area contributed by atoms with Crippen molar-refractivity contribution in [2.24, 2.45) is 5.73 Å². The van der Waals surface area contributed by atoms with Crippen LogP contribution in [0, 0.1) is 7.14 Å². The molecule has 4 rings (SSSR count). The molecule has 1 atom stereocenters. The highest BCUT2D eigenvalue weighted by Crippen LogP contribution is 2.45. The van der Waals surface area contributed by atoms with Gasteiger partial charge in [0.15, 0.2) is 5.78 Å². The molecule has 2 aliphatic rings. The Morgan fingerprint density at radius 3 is 2.48 bits per heavy atom. The third-order valence-corrected chi connectivity index (χ3v) is 7.39. The minimum atomic E-state index is -0.652. The third-order valence-electron chi connectivity index (χ3n) is 5.54. The highest BCUT2D eigenvalue weighted by molar-refractivity contribution is 14.1. The number of hydrogen-bond acceptors (Lipinski definition) is 6. The number of carbonyl (C=O) groups is 2. The van der Waals surface area contributed by atoms with Crippen molar-refractivity contribution in [3.05, 3.63) is 82.5 Å². The van der Waals surface area contributed by atoms with Crippen LogP contribution >= 0.6 is 56.8 Å². The van der Waals surface area contributed by atoms with Crippen LogP contribution in [-0.4, -0.2) is 18.9 Å². The number of hydrogen-bond donors (Lipinski definition) is 1. The highest BCUT2D eigenvalue weighted by Gasteiger charge is 2.41. The van der Waals surface area contributed by atoms with Crippen molar-refractivity contribution in [3.8, 4) is 5.75 Å². The second kappa shape index (κ2) is 10.2. The minimum absolute atomic E-state index is 0.0200. The van der Waals surface area contributed by atoms with Gasteiger partial charge in [0.1, 0.15) is 23.7 Å². The van der Waals surface area contributed by atoms with Crippen molar-refractivity contribution in [1.29, 1.82) is 0 Å². The fourth-order valence-electron chi connectivity index (χ4n) is 4.02. The van der Waals surface area contributed by atoms with Gasteiger partial charge in [-0.25, -0.2) is 4.79 Å². The SMILES string of the molecule is COC(=O)C1=C(N)OC2=C(C(=O)CCC2)[C@@H]1c1cc(I)c(OCc2ccc(Cl)cc2)c(I)c1. The first-order valence-corrected chi connectivity index (χ1v) is 12.7. The number of esters is 1. The van der Waals surface area contributed by atoms with Crippen molar-refractivity contribution in [3.63, 3.8) is 0 Å². The first-order chi connectivity index (χ1) is 15.8. The van der Waals surface area contributed by atoms with Gasteiger partial charge in [-0.05, 0) is 87.0 Å². The van der Waals surface area contributed by atoms with E-state index in [1.807, 2.05) is 36.4 Å². The molecule has 1 heterocycles. The lowest BCUT2D eigenvalue weighted by Gasteiger charge is -2.32. The molecule has 33 heavy (non-hydrogen) atoms. The summed E-state index contributed by atoms with van der Waals surface area (Å²) in [5.74, 6) is -0.0642. The molecule has 172 valence electrons. The molecule has 6 nitrogen and oxygen atoms in total. The number of Topliss-reactive ketones (excluding diaryl/α,β-unsaturated/α-hetero) is 1. The number of carbonyl (C=O) groups excluding carboxylic acids is 2. The first kappa shape index (κ1) is 24.3. The maximum absolute atomic E-state index is 12.9. The molecule has 2 aromatic carbocycles. The van der Waals surface area contributed by atoms with Gasteiger partial charge in [-0.2, -0.15) is 0 Å². The normalized spacial score (nSPS) is 18.1. The van der Waals surface area contributed by atoms with Gasteiger partial charge in [0, 0.05) is 23.4 Å². The molecule has 9 heteroatoms. The molecule has 0 saturated carbocycles. The average Bonchev–Trinajstić information content (AvgIpc) is 2.78. The Kier molecular flexibility index (Phi) is 7.54. The molecule has 2 aromatic rings. The summed E-state index contributed by atoms with van der Waals surface area (Å²) < 4.78 is 18.5. The van der Waals surface area contributed by atoms with Crippen LogP contribution in [-0.2, 0) is 25.7 Å². The Morgan fingerprint density at radius 1 is 1.18 bits per heavy atom. The van der Waals surface area contributed by atoms with E-state index in [-0.39, 0.29) is 17.2 Å². The average molecular weight is 692 g/mol. The van der Waals surface area contributed by atoms with E-state index in [4.69, 9.17) is 31.5 Å². The van der Waals surface area contributed by atoms with E-state index in [1.54, 1.807) is 0 Å². The lowest BCUT2D eigenvalue weighted by atomic mass is 9.77. The van der Waals surface area contributed by atoms with E-state index in [9.17, 15) is 9.59 Å². The topological polar surface area (TPSA) is 87.9 Å². The van der Waals surface area contributed by atoms with Gasteiger partial charge in [-0.3, -0.25) is 4.79 Å². The molecule has 0 bridgehead atoms. The number of halogens is 3. The quantitative estimate of drug-likeness (QED) is 0.325. The Morgan fingerprint density at radius 2 is 1.85 bits per heavy atom. The van der Waals surface area contributed by atoms with Gasteiger partial charge in [0.2, 0.25) is 5.88 Å². The zero-order chi connectivity index (χ0) is 23.7. The van der Waals surface area contributed by atoms with Crippen molar-refractivity contribution < 1.29 is 23.8 Å². The van der Waals surface area contributed by atoms with Crippen LogP contribution in [0.15, 0.2) is 59.2 Å². The maximum Gasteiger partial charge on any atom is 0.340 e. The van der Waals surface area contributed by atoms with E-state index < -0.39 is 11.9 Å². The molecule has 0 radical (unpaired) electrons. The summed E-state index contributed by atoms with van der Waals surface area (Å²) in [7, 11) is 1.29. The molecular formula is C24H20ClI2NO5. The standard InChI is InChI=1S/C24H20ClI2NO5/c1-31-24(30)21-19(20-17(29)3-2-4-18(20)33-23(21)28)13-9-15(26)22(16(27)10-13)32-11-12-5-7-14(25)8-6-12/h5-10,19H,2-4,11,28H2,1H3/t19-/m0/s1. The van der Waals surface area contributed by atoms with Crippen molar-refractivity contribution >= 4 is 68.5 Å². The summed E-state index contributed by atoms with van der Waals surface area (Å²) in [4.78, 5) is 25.6. The van der Waals surface area contributed by atoms with Crippen LogP contribution in [0.3, 0.4) is 0 Å². The summed E-state index contributed by atoms with van der Waals surface area (Å²) in [6.45, 7) is 0.383. The smallest absolute Gasteiger partial charge is 0.340 e. The zero-order valence-corrected chi connectivity index (χ0v) is 22.7. The monoisotopic (exact) mass is 691 g/mol. The van der Waals surface area contributed by atoms with Crippen molar-refractivity contribution in [2.45, 2.75) is 31.8 Å². The Hall–Kier alpha value is -1.79. The number of rotatable bonds is 5. The Balaban J connectivity index is 1.73. The number of nitrogens with two attached hydrogens (primary N) is 1. The summed E-state index contributed by atoms with van der Waals surface area (Å²) in [6, 6.07) is 11.3. The van der Waals surface area contributed by atoms with Crippen LogP contribution in [0.25, 0.3) is 0 Å². The fourth-order valence-corrected chi connectivity index (χ4v) is 6.27. The Labute approximate surface area is 223 Å². The van der Waals surface area contributed by atoms with Gasteiger partial charge in [-0.15, -0.1) is 0 Å². The predicted octanol–water partition coefficient (Wildman–Crippen LogP) is 5.59. The molecule has 0 aromatic heterocycles. The number of ketones is 1.